The van der Waals surface area contributed by atoms with Crippen molar-refractivity contribution in [2.45, 2.75) is 38.8 Å². The van der Waals surface area contributed by atoms with Crippen LogP contribution in [0.1, 0.15) is 26.7 Å². The smallest absolute Gasteiger partial charge is 0.161 e. The van der Waals surface area contributed by atoms with Gasteiger partial charge in [0.2, 0.25) is 0 Å². The van der Waals surface area contributed by atoms with Crippen molar-refractivity contribution in [3.63, 3.8) is 0 Å². The maximum absolute atomic E-state index is 5.94. The Bertz CT molecular complexity index is 354. The summed E-state index contributed by atoms with van der Waals surface area (Å²) in [7, 11) is 0. The van der Waals surface area contributed by atoms with Crippen molar-refractivity contribution in [3.8, 4) is 11.5 Å². The van der Waals surface area contributed by atoms with Gasteiger partial charge in [0.25, 0.3) is 0 Å². The molecule has 1 N–H and O–H groups in total. The van der Waals surface area contributed by atoms with Crippen LogP contribution in [0, 0.1) is 0 Å². The van der Waals surface area contributed by atoms with Gasteiger partial charge in [0.15, 0.2) is 11.5 Å². The predicted octanol–water partition coefficient (Wildman–Crippen LogP) is 2.60. The molecular formula is C14H21NO2. The molecule has 0 radical (unpaired) electrons. The third kappa shape index (κ3) is 3.13. The standard InChI is InChI=1S/C14H21NO2/c1-3-4-9-15-11(2)14-10-16-12-7-5-6-8-13(12)17-14/h5-8,11,14-15H,3-4,9-10H2,1-2H3/t11-,14-/m1/s1. The highest BCUT2D eigenvalue weighted by Gasteiger charge is 2.25. The van der Waals surface area contributed by atoms with Gasteiger partial charge in [-0.3, -0.25) is 0 Å². The Kier molecular flexibility index (Phi) is 4.26. The normalized spacial score (nSPS) is 20.0. The van der Waals surface area contributed by atoms with E-state index in [1.54, 1.807) is 0 Å². The van der Waals surface area contributed by atoms with Gasteiger partial charge >= 0.3 is 0 Å². The number of benzene rings is 1. The van der Waals surface area contributed by atoms with Crippen LogP contribution in [0.4, 0.5) is 0 Å². The third-order valence-electron chi connectivity index (χ3n) is 3.08. The Balaban J connectivity index is 1.88. The number of nitrogens with one attached hydrogen (secondary N) is 1. The highest BCUT2D eigenvalue weighted by Crippen LogP contribution is 2.31. The number of hydrogen-bond acceptors (Lipinski definition) is 3. The van der Waals surface area contributed by atoms with Crippen molar-refractivity contribution >= 4 is 0 Å². The molecule has 1 aliphatic rings. The van der Waals surface area contributed by atoms with E-state index in [4.69, 9.17) is 9.47 Å². The predicted molar refractivity (Wildman–Crippen MR) is 68.7 cm³/mol. The Morgan fingerprint density at radius 3 is 2.88 bits per heavy atom. The molecule has 0 aliphatic carbocycles. The van der Waals surface area contributed by atoms with Gasteiger partial charge in [0.1, 0.15) is 12.7 Å². The monoisotopic (exact) mass is 235 g/mol. The average Bonchev–Trinajstić information content (AvgIpc) is 2.38. The maximum Gasteiger partial charge on any atom is 0.161 e. The highest BCUT2D eigenvalue weighted by atomic mass is 16.6. The lowest BCUT2D eigenvalue weighted by Crippen LogP contribution is -2.46. The molecule has 3 nitrogen and oxygen atoms in total. The fourth-order valence-electron chi connectivity index (χ4n) is 1.92. The fraction of sp³-hybridized carbons (Fsp3) is 0.571. The molecule has 0 amide bonds. The summed E-state index contributed by atoms with van der Waals surface area (Å²) < 4.78 is 11.6. The summed E-state index contributed by atoms with van der Waals surface area (Å²) in [6.45, 7) is 6.01. The number of unbranched alkanes of at least 4 members (excludes halogenated alkanes) is 1. The van der Waals surface area contributed by atoms with Crippen molar-refractivity contribution in [3.05, 3.63) is 24.3 Å². The lowest BCUT2D eigenvalue weighted by Gasteiger charge is -2.30. The number of rotatable bonds is 5. The Morgan fingerprint density at radius 1 is 1.35 bits per heavy atom. The number of hydrogen-bond donors (Lipinski definition) is 1. The summed E-state index contributed by atoms with van der Waals surface area (Å²) in [5.74, 6) is 1.71. The van der Waals surface area contributed by atoms with Gasteiger partial charge < -0.3 is 14.8 Å². The van der Waals surface area contributed by atoms with E-state index in [9.17, 15) is 0 Å². The molecule has 0 spiro atoms. The van der Waals surface area contributed by atoms with E-state index in [-0.39, 0.29) is 6.10 Å². The van der Waals surface area contributed by atoms with Crippen LogP contribution in [0.5, 0.6) is 11.5 Å². The van der Waals surface area contributed by atoms with E-state index in [0.717, 1.165) is 18.0 Å². The fourth-order valence-corrected chi connectivity index (χ4v) is 1.92. The zero-order valence-corrected chi connectivity index (χ0v) is 10.6. The molecule has 0 fully saturated rings. The second-order valence-electron chi connectivity index (χ2n) is 4.51. The van der Waals surface area contributed by atoms with Crippen LogP contribution in [0.2, 0.25) is 0 Å². The second-order valence-corrected chi connectivity index (χ2v) is 4.51. The maximum atomic E-state index is 5.94. The summed E-state index contributed by atoms with van der Waals surface area (Å²) in [6.07, 6.45) is 2.51. The van der Waals surface area contributed by atoms with Crippen LogP contribution in [-0.2, 0) is 0 Å². The Hall–Kier alpha value is -1.22. The van der Waals surface area contributed by atoms with Crippen molar-refractivity contribution in [1.29, 1.82) is 0 Å². The summed E-state index contributed by atoms with van der Waals surface area (Å²) in [5, 5.41) is 3.48. The highest BCUT2D eigenvalue weighted by molar-refractivity contribution is 5.40. The van der Waals surface area contributed by atoms with Gasteiger partial charge in [0, 0.05) is 6.04 Å². The quantitative estimate of drug-likeness (QED) is 0.796. The van der Waals surface area contributed by atoms with Crippen LogP contribution in [0.15, 0.2) is 24.3 Å². The minimum Gasteiger partial charge on any atom is -0.486 e. The van der Waals surface area contributed by atoms with E-state index in [2.05, 4.69) is 19.2 Å². The number of ether oxygens (including phenoxy) is 2. The second kappa shape index (κ2) is 5.92. The molecule has 0 saturated carbocycles. The van der Waals surface area contributed by atoms with Gasteiger partial charge in [-0.1, -0.05) is 25.5 Å². The van der Waals surface area contributed by atoms with Crippen LogP contribution >= 0.6 is 0 Å². The molecule has 1 heterocycles. The van der Waals surface area contributed by atoms with Crippen molar-refractivity contribution in [1.82, 2.24) is 5.32 Å². The topological polar surface area (TPSA) is 30.5 Å². The molecule has 0 bridgehead atoms. The Morgan fingerprint density at radius 2 is 2.12 bits per heavy atom. The summed E-state index contributed by atoms with van der Waals surface area (Å²) in [5.41, 5.74) is 0. The van der Waals surface area contributed by atoms with Crippen molar-refractivity contribution < 1.29 is 9.47 Å². The van der Waals surface area contributed by atoms with E-state index in [1.165, 1.54) is 12.8 Å². The molecule has 17 heavy (non-hydrogen) atoms. The van der Waals surface area contributed by atoms with Gasteiger partial charge in [-0.05, 0) is 32.0 Å². The third-order valence-corrected chi connectivity index (χ3v) is 3.08. The van der Waals surface area contributed by atoms with Gasteiger partial charge in [0.05, 0.1) is 0 Å². The van der Waals surface area contributed by atoms with Crippen molar-refractivity contribution in [2.75, 3.05) is 13.2 Å². The van der Waals surface area contributed by atoms with Crippen LogP contribution in [0.25, 0.3) is 0 Å². The van der Waals surface area contributed by atoms with Gasteiger partial charge in [-0.2, -0.15) is 0 Å². The molecule has 3 heteroatoms. The first kappa shape index (κ1) is 12.2. The Labute approximate surface area is 103 Å². The van der Waals surface area contributed by atoms with Crippen LogP contribution < -0.4 is 14.8 Å². The molecule has 1 aromatic rings. The lowest BCUT2D eigenvalue weighted by molar-refractivity contribution is 0.0667. The van der Waals surface area contributed by atoms with E-state index in [0.29, 0.717) is 12.6 Å². The summed E-state index contributed by atoms with van der Waals surface area (Å²) in [6, 6.07) is 8.15. The summed E-state index contributed by atoms with van der Waals surface area (Å²) >= 11 is 0. The molecule has 2 rings (SSSR count). The first-order valence-corrected chi connectivity index (χ1v) is 6.43. The molecule has 2 atom stereocenters. The first-order chi connectivity index (χ1) is 8.31. The van der Waals surface area contributed by atoms with E-state index >= 15 is 0 Å². The molecule has 0 saturated heterocycles. The number of para-hydroxylation sites is 2. The number of fused-ring (bicyclic) bond motifs is 1. The lowest BCUT2D eigenvalue weighted by atomic mass is 10.1. The zero-order chi connectivity index (χ0) is 12.1. The van der Waals surface area contributed by atoms with E-state index in [1.807, 2.05) is 24.3 Å². The zero-order valence-electron chi connectivity index (χ0n) is 10.6. The van der Waals surface area contributed by atoms with Gasteiger partial charge in [-0.15, -0.1) is 0 Å². The SMILES string of the molecule is CCCCN[C@H](C)[C@H]1COc2ccccc2O1. The average molecular weight is 235 g/mol. The molecular weight excluding hydrogens is 214 g/mol. The molecule has 1 aromatic carbocycles. The van der Waals surface area contributed by atoms with E-state index < -0.39 is 0 Å². The molecule has 1 aliphatic heterocycles. The van der Waals surface area contributed by atoms with Crippen LogP contribution in [0.3, 0.4) is 0 Å². The first-order valence-electron chi connectivity index (χ1n) is 6.43. The molecule has 0 aromatic heterocycles. The van der Waals surface area contributed by atoms with Crippen molar-refractivity contribution in [2.24, 2.45) is 0 Å². The molecule has 94 valence electrons. The minimum absolute atomic E-state index is 0.0988. The molecule has 0 unspecified atom stereocenters. The minimum atomic E-state index is 0.0988. The van der Waals surface area contributed by atoms with Gasteiger partial charge in [-0.25, -0.2) is 0 Å². The van der Waals surface area contributed by atoms with Crippen LogP contribution in [-0.4, -0.2) is 25.3 Å². The largest absolute Gasteiger partial charge is 0.486 e. The summed E-state index contributed by atoms with van der Waals surface area (Å²) in [4.78, 5) is 0.